The Morgan fingerprint density at radius 3 is 2.79 bits per heavy atom. The molecule has 0 spiro atoms. The second kappa shape index (κ2) is 9.37. The Morgan fingerprint density at radius 2 is 2.10 bits per heavy atom. The maximum absolute atomic E-state index is 13.1. The molecule has 4 rings (SSSR count). The number of amides is 1. The molecule has 29 heavy (non-hydrogen) atoms. The molecule has 0 bridgehead atoms. The van der Waals surface area contributed by atoms with Gasteiger partial charge in [-0.15, -0.1) is 24.2 Å². The number of carbonyl (C=O) groups is 1. The maximum atomic E-state index is 13.1. The van der Waals surface area contributed by atoms with Gasteiger partial charge in [0.05, 0.1) is 0 Å². The van der Waals surface area contributed by atoms with Gasteiger partial charge in [0.1, 0.15) is 11.3 Å². The number of hydrogen-bond donors (Lipinski definition) is 1. The van der Waals surface area contributed by atoms with E-state index < -0.39 is 5.63 Å². The highest BCUT2D eigenvalue weighted by atomic mass is 35.5. The predicted molar refractivity (Wildman–Crippen MR) is 118 cm³/mol. The molecule has 156 valence electrons. The summed E-state index contributed by atoms with van der Waals surface area (Å²) in [4.78, 5) is 28.8. The smallest absolute Gasteiger partial charge is 0.349 e. The molecule has 1 fully saturated rings. The van der Waals surface area contributed by atoms with Crippen LogP contribution in [0.5, 0.6) is 0 Å². The zero-order valence-corrected chi connectivity index (χ0v) is 18.5. The zero-order chi connectivity index (χ0) is 19.7. The Morgan fingerprint density at radius 1 is 1.28 bits per heavy atom. The topological polar surface area (TPSA) is 62.6 Å². The summed E-state index contributed by atoms with van der Waals surface area (Å²) in [6, 6.07) is 8.27. The van der Waals surface area contributed by atoms with Gasteiger partial charge < -0.3 is 14.6 Å². The minimum Gasteiger partial charge on any atom is -0.427 e. The van der Waals surface area contributed by atoms with Crippen LogP contribution in [0.2, 0.25) is 0 Å². The van der Waals surface area contributed by atoms with Crippen LogP contribution in [-0.2, 0) is 13.0 Å². The first-order valence-electron chi connectivity index (χ1n) is 9.87. The molecule has 0 radical (unpaired) electrons. The molecular formula is C22H27ClN2O3S. The molecule has 0 aliphatic carbocycles. The van der Waals surface area contributed by atoms with Crippen LogP contribution in [-0.4, -0.2) is 36.7 Å². The standard InChI is InChI=1S/C22H26N2O3S.ClH/c1-14-10-19(16-4-3-8-23-12-16)27-22(26)20(14)21(25)24-9-7-15-11-18(28-2)6-5-17(15)13-24;/h5-6,10-11,16,23H,3-4,7-9,12-13H2,1-2H3;1H. The van der Waals surface area contributed by atoms with Crippen LogP contribution in [0.1, 0.15) is 51.6 Å². The largest absolute Gasteiger partial charge is 0.427 e. The number of thioether (sulfide) groups is 1. The third-order valence-corrected chi connectivity index (χ3v) is 6.52. The Kier molecular flexibility index (Phi) is 7.09. The lowest BCUT2D eigenvalue weighted by Gasteiger charge is -2.29. The highest BCUT2D eigenvalue weighted by molar-refractivity contribution is 7.98. The number of benzene rings is 1. The summed E-state index contributed by atoms with van der Waals surface area (Å²) < 4.78 is 5.59. The van der Waals surface area contributed by atoms with Gasteiger partial charge in [0.15, 0.2) is 0 Å². The summed E-state index contributed by atoms with van der Waals surface area (Å²) in [5.74, 6) is 0.677. The number of rotatable bonds is 3. The normalized spacial score (nSPS) is 18.7. The highest BCUT2D eigenvalue weighted by Crippen LogP contribution is 2.27. The average molecular weight is 435 g/mol. The fourth-order valence-electron chi connectivity index (χ4n) is 4.17. The summed E-state index contributed by atoms with van der Waals surface area (Å²) in [5, 5.41) is 3.34. The molecule has 1 N–H and O–H groups in total. The molecular weight excluding hydrogens is 408 g/mol. The van der Waals surface area contributed by atoms with Crippen LogP contribution in [0.4, 0.5) is 0 Å². The first-order valence-corrected chi connectivity index (χ1v) is 11.1. The van der Waals surface area contributed by atoms with Crippen molar-refractivity contribution in [3.05, 3.63) is 62.7 Å². The lowest BCUT2D eigenvalue weighted by Crippen LogP contribution is -2.38. The summed E-state index contributed by atoms with van der Waals surface area (Å²) in [5.41, 5.74) is 2.83. The second-order valence-electron chi connectivity index (χ2n) is 7.65. The molecule has 1 saturated heterocycles. The third kappa shape index (κ3) is 4.55. The van der Waals surface area contributed by atoms with Gasteiger partial charge in [0, 0.05) is 30.4 Å². The zero-order valence-electron chi connectivity index (χ0n) is 16.8. The van der Waals surface area contributed by atoms with Gasteiger partial charge in [-0.3, -0.25) is 4.79 Å². The summed E-state index contributed by atoms with van der Waals surface area (Å²) in [6.07, 6.45) is 4.95. The molecule has 5 nitrogen and oxygen atoms in total. The van der Waals surface area contributed by atoms with Gasteiger partial charge in [-0.25, -0.2) is 4.79 Å². The van der Waals surface area contributed by atoms with Crippen molar-refractivity contribution in [3.8, 4) is 0 Å². The summed E-state index contributed by atoms with van der Waals surface area (Å²) >= 11 is 1.72. The number of piperidine rings is 1. The van der Waals surface area contributed by atoms with Crippen molar-refractivity contribution >= 4 is 30.1 Å². The Bertz CT molecular complexity index is 954. The molecule has 2 aliphatic rings. The number of hydrogen-bond acceptors (Lipinski definition) is 5. The van der Waals surface area contributed by atoms with Crippen molar-refractivity contribution in [3.63, 3.8) is 0 Å². The van der Waals surface area contributed by atoms with E-state index in [-0.39, 0.29) is 29.8 Å². The Hall–Kier alpha value is -1.76. The molecule has 1 unspecified atom stereocenters. The lowest BCUT2D eigenvalue weighted by molar-refractivity contribution is 0.0728. The number of nitrogens with zero attached hydrogens (tertiary/aromatic N) is 1. The fraction of sp³-hybridized carbons (Fsp3) is 0.455. The maximum Gasteiger partial charge on any atom is 0.349 e. The van der Waals surface area contributed by atoms with E-state index in [0.29, 0.717) is 24.4 Å². The van der Waals surface area contributed by atoms with Crippen molar-refractivity contribution < 1.29 is 9.21 Å². The van der Waals surface area contributed by atoms with E-state index in [2.05, 4.69) is 29.8 Å². The Labute approximate surface area is 181 Å². The van der Waals surface area contributed by atoms with Crippen molar-refractivity contribution in [1.82, 2.24) is 10.2 Å². The van der Waals surface area contributed by atoms with Crippen LogP contribution in [0.3, 0.4) is 0 Å². The minimum atomic E-state index is -0.505. The number of nitrogens with one attached hydrogen (secondary N) is 1. The monoisotopic (exact) mass is 434 g/mol. The number of carbonyl (C=O) groups excluding carboxylic acids is 1. The third-order valence-electron chi connectivity index (χ3n) is 5.79. The molecule has 2 aromatic rings. The van der Waals surface area contributed by atoms with Gasteiger partial charge in [-0.1, -0.05) is 6.07 Å². The van der Waals surface area contributed by atoms with Crippen LogP contribution in [0.25, 0.3) is 0 Å². The Balaban J connectivity index is 0.00000240. The van der Waals surface area contributed by atoms with Gasteiger partial charge in [0.25, 0.3) is 5.91 Å². The van der Waals surface area contributed by atoms with Gasteiger partial charge >= 0.3 is 5.63 Å². The van der Waals surface area contributed by atoms with E-state index in [1.807, 2.05) is 13.0 Å². The summed E-state index contributed by atoms with van der Waals surface area (Å²) in [7, 11) is 0. The SMILES string of the molecule is CSc1ccc2c(c1)CCN(C(=O)c1c(C)cc(C3CCCNC3)oc1=O)C2.Cl. The quantitative estimate of drug-likeness (QED) is 0.745. The van der Waals surface area contributed by atoms with Crippen LogP contribution < -0.4 is 10.9 Å². The van der Waals surface area contributed by atoms with E-state index in [9.17, 15) is 9.59 Å². The van der Waals surface area contributed by atoms with Crippen molar-refractivity contribution in [2.75, 3.05) is 25.9 Å². The van der Waals surface area contributed by atoms with Crippen LogP contribution in [0, 0.1) is 6.92 Å². The van der Waals surface area contributed by atoms with Crippen molar-refractivity contribution in [2.24, 2.45) is 0 Å². The van der Waals surface area contributed by atoms with Crippen molar-refractivity contribution in [2.45, 2.75) is 43.5 Å². The van der Waals surface area contributed by atoms with Crippen LogP contribution >= 0.6 is 24.2 Å². The van der Waals surface area contributed by atoms with E-state index >= 15 is 0 Å². The second-order valence-corrected chi connectivity index (χ2v) is 8.53. The molecule has 7 heteroatoms. The molecule has 3 heterocycles. The predicted octanol–water partition coefficient (Wildman–Crippen LogP) is 3.76. The highest BCUT2D eigenvalue weighted by Gasteiger charge is 2.27. The molecule has 0 saturated carbocycles. The molecule has 1 aromatic carbocycles. The summed E-state index contributed by atoms with van der Waals surface area (Å²) in [6.45, 7) is 4.82. The molecule has 1 atom stereocenters. The van der Waals surface area contributed by atoms with E-state index in [1.54, 1.807) is 16.7 Å². The number of aryl methyl sites for hydroxylation is 1. The number of halogens is 1. The first kappa shape index (κ1) is 21.9. The molecule has 1 amide bonds. The van der Waals surface area contributed by atoms with Gasteiger partial charge in [-0.05, 0) is 73.9 Å². The van der Waals surface area contributed by atoms with Crippen molar-refractivity contribution in [1.29, 1.82) is 0 Å². The first-order chi connectivity index (χ1) is 13.6. The average Bonchev–Trinajstić information content (AvgIpc) is 2.73. The van der Waals surface area contributed by atoms with Gasteiger partial charge in [0.2, 0.25) is 0 Å². The lowest BCUT2D eigenvalue weighted by atomic mass is 9.95. The van der Waals surface area contributed by atoms with E-state index in [0.717, 1.165) is 37.9 Å². The molecule has 2 aliphatic heterocycles. The minimum absolute atomic E-state index is 0. The van der Waals surface area contributed by atoms with E-state index in [1.165, 1.54) is 10.5 Å². The van der Waals surface area contributed by atoms with Crippen LogP contribution in [0.15, 0.2) is 38.4 Å². The molecule has 1 aromatic heterocycles. The van der Waals surface area contributed by atoms with Gasteiger partial charge in [-0.2, -0.15) is 0 Å². The fourth-order valence-corrected chi connectivity index (χ4v) is 4.64. The number of fused-ring (bicyclic) bond motifs is 1. The van der Waals surface area contributed by atoms with E-state index in [4.69, 9.17) is 4.42 Å².